The number of nitrogens with zero attached hydrogens (tertiary/aromatic N) is 2. The summed E-state index contributed by atoms with van der Waals surface area (Å²) in [5.41, 5.74) is 3.34. The lowest BCUT2D eigenvalue weighted by molar-refractivity contribution is 0.0963. The number of hydrogen-bond acceptors (Lipinski definition) is 3. The molecule has 1 aromatic rings. The van der Waals surface area contributed by atoms with Gasteiger partial charge in [-0.2, -0.15) is 0 Å². The van der Waals surface area contributed by atoms with Crippen LogP contribution in [-0.2, 0) is 4.74 Å². The van der Waals surface area contributed by atoms with Crippen LogP contribution in [-0.4, -0.2) is 23.2 Å². The standard InChI is InChI=1S/C13H18N2O/c1-9-8-10(2)15-13(14-9)11-4-6-12(16-3)7-5-11/h4,8,12H,5-7H2,1-3H3/t12-/m0/s1. The molecule has 1 aromatic heterocycles. The Morgan fingerprint density at radius 3 is 2.44 bits per heavy atom. The van der Waals surface area contributed by atoms with Crippen LogP contribution in [0.2, 0.25) is 0 Å². The second-order valence-corrected chi connectivity index (χ2v) is 4.34. The van der Waals surface area contributed by atoms with Gasteiger partial charge in [-0.15, -0.1) is 0 Å². The van der Waals surface area contributed by atoms with E-state index in [4.69, 9.17) is 4.74 Å². The van der Waals surface area contributed by atoms with Crippen LogP contribution in [0.25, 0.3) is 5.57 Å². The molecule has 0 saturated carbocycles. The number of ether oxygens (including phenoxy) is 1. The third-order valence-corrected chi connectivity index (χ3v) is 2.97. The normalized spacial score (nSPS) is 20.7. The Morgan fingerprint density at radius 1 is 1.25 bits per heavy atom. The van der Waals surface area contributed by atoms with Gasteiger partial charge in [0, 0.05) is 18.5 Å². The molecular formula is C13H18N2O. The fourth-order valence-electron chi connectivity index (χ4n) is 2.10. The third kappa shape index (κ3) is 2.47. The van der Waals surface area contributed by atoms with Crippen LogP contribution in [0.1, 0.15) is 36.5 Å². The van der Waals surface area contributed by atoms with Gasteiger partial charge >= 0.3 is 0 Å². The first kappa shape index (κ1) is 11.3. The molecule has 0 amide bonds. The largest absolute Gasteiger partial charge is 0.381 e. The minimum Gasteiger partial charge on any atom is -0.381 e. The van der Waals surface area contributed by atoms with E-state index in [1.54, 1.807) is 7.11 Å². The molecule has 1 aliphatic rings. The second kappa shape index (κ2) is 4.74. The summed E-state index contributed by atoms with van der Waals surface area (Å²) in [6, 6.07) is 2.00. The molecular weight excluding hydrogens is 200 g/mol. The first-order chi connectivity index (χ1) is 7.69. The monoisotopic (exact) mass is 218 g/mol. The van der Waals surface area contributed by atoms with Gasteiger partial charge in [0.05, 0.1) is 6.10 Å². The Kier molecular flexibility index (Phi) is 3.34. The maximum atomic E-state index is 5.34. The average Bonchev–Trinajstić information content (AvgIpc) is 2.28. The summed E-state index contributed by atoms with van der Waals surface area (Å²) in [6.07, 6.45) is 5.64. The SMILES string of the molecule is CO[C@H]1CC=C(c2nc(C)cc(C)n2)CC1. The molecule has 0 fully saturated rings. The summed E-state index contributed by atoms with van der Waals surface area (Å²) in [4.78, 5) is 8.98. The smallest absolute Gasteiger partial charge is 0.155 e. The van der Waals surface area contributed by atoms with Crippen molar-refractivity contribution in [3.63, 3.8) is 0 Å². The summed E-state index contributed by atoms with van der Waals surface area (Å²) >= 11 is 0. The highest BCUT2D eigenvalue weighted by Crippen LogP contribution is 2.26. The molecule has 16 heavy (non-hydrogen) atoms. The van der Waals surface area contributed by atoms with E-state index >= 15 is 0 Å². The van der Waals surface area contributed by atoms with E-state index < -0.39 is 0 Å². The van der Waals surface area contributed by atoms with Gasteiger partial charge in [0.15, 0.2) is 5.82 Å². The minimum atomic E-state index is 0.370. The van der Waals surface area contributed by atoms with Gasteiger partial charge < -0.3 is 4.74 Å². The van der Waals surface area contributed by atoms with Gasteiger partial charge in [0.2, 0.25) is 0 Å². The molecule has 0 N–H and O–H groups in total. The van der Waals surface area contributed by atoms with E-state index in [0.29, 0.717) is 6.10 Å². The van der Waals surface area contributed by atoms with E-state index in [2.05, 4.69) is 16.0 Å². The molecule has 0 bridgehead atoms. The Balaban J connectivity index is 2.22. The predicted molar refractivity (Wildman–Crippen MR) is 64.1 cm³/mol. The highest BCUT2D eigenvalue weighted by atomic mass is 16.5. The third-order valence-electron chi connectivity index (χ3n) is 2.97. The number of hydrogen-bond donors (Lipinski definition) is 0. The van der Waals surface area contributed by atoms with Gasteiger partial charge in [-0.25, -0.2) is 9.97 Å². The molecule has 2 rings (SSSR count). The molecule has 0 unspecified atom stereocenters. The summed E-state index contributed by atoms with van der Waals surface area (Å²) in [5, 5.41) is 0. The average molecular weight is 218 g/mol. The number of aromatic nitrogens is 2. The lowest BCUT2D eigenvalue weighted by atomic mass is 9.96. The molecule has 1 atom stereocenters. The van der Waals surface area contributed by atoms with Gasteiger partial charge in [-0.05, 0) is 44.7 Å². The fraction of sp³-hybridized carbons (Fsp3) is 0.538. The highest BCUT2D eigenvalue weighted by Gasteiger charge is 2.16. The van der Waals surface area contributed by atoms with Gasteiger partial charge in [0.1, 0.15) is 0 Å². The number of allylic oxidation sites excluding steroid dienone is 1. The first-order valence-electron chi connectivity index (χ1n) is 5.73. The van der Waals surface area contributed by atoms with Crippen LogP contribution in [0.4, 0.5) is 0 Å². The maximum Gasteiger partial charge on any atom is 0.155 e. The van der Waals surface area contributed by atoms with Crippen molar-refractivity contribution in [3.05, 3.63) is 29.4 Å². The minimum absolute atomic E-state index is 0.370. The Hall–Kier alpha value is -1.22. The molecule has 1 heterocycles. The predicted octanol–water partition coefficient (Wildman–Crippen LogP) is 2.68. The Labute approximate surface area is 96.6 Å². The van der Waals surface area contributed by atoms with Crippen LogP contribution in [0.5, 0.6) is 0 Å². The molecule has 1 aliphatic carbocycles. The second-order valence-electron chi connectivity index (χ2n) is 4.34. The molecule has 0 aromatic carbocycles. The first-order valence-corrected chi connectivity index (χ1v) is 5.73. The zero-order valence-electron chi connectivity index (χ0n) is 10.2. The van der Waals surface area contributed by atoms with Crippen molar-refractivity contribution >= 4 is 5.57 Å². The van der Waals surface area contributed by atoms with Crippen molar-refractivity contribution < 1.29 is 4.74 Å². The molecule has 0 aliphatic heterocycles. The van der Waals surface area contributed by atoms with Crippen molar-refractivity contribution in [2.45, 2.75) is 39.2 Å². The maximum absolute atomic E-state index is 5.34. The van der Waals surface area contributed by atoms with Crippen LogP contribution < -0.4 is 0 Å². The Morgan fingerprint density at radius 2 is 1.94 bits per heavy atom. The number of rotatable bonds is 2. The van der Waals surface area contributed by atoms with E-state index in [0.717, 1.165) is 36.5 Å². The molecule has 0 radical (unpaired) electrons. The zero-order chi connectivity index (χ0) is 11.5. The molecule has 3 heteroatoms. The summed E-state index contributed by atoms with van der Waals surface area (Å²) in [5.74, 6) is 0.895. The van der Waals surface area contributed by atoms with Crippen LogP contribution in [0.3, 0.4) is 0 Å². The molecule has 0 spiro atoms. The van der Waals surface area contributed by atoms with Crippen molar-refractivity contribution in [2.24, 2.45) is 0 Å². The molecule has 0 saturated heterocycles. The zero-order valence-corrected chi connectivity index (χ0v) is 10.2. The lowest BCUT2D eigenvalue weighted by Gasteiger charge is -2.20. The van der Waals surface area contributed by atoms with Crippen molar-refractivity contribution in [1.29, 1.82) is 0 Å². The summed E-state index contributed by atoms with van der Waals surface area (Å²) < 4.78 is 5.34. The molecule has 86 valence electrons. The quantitative estimate of drug-likeness (QED) is 0.765. The van der Waals surface area contributed by atoms with Gasteiger partial charge in [0.25, 0.3) is 0 Å². The summed E-state index contributed by atoms with van der Waals surface area (Å²) in [6.45, 7) is 4.03. The van der Waals surface area contributed by atoms with Gasteiger partial charge in [-0.1, -0.05) is 6.08 Å². The highest BCUT2D eigenvalue weighted by molar-refractivity contribution is 5.60. The van der Waals surface area contributed by atoms with Crippen LogP contribution in [0.15, 0.2) is 12.1 Å². The topological polar surface area (TPSA) is 35.0 Å². The van der Waals surface area contributed by atoms with E-state index in [1.165, 1.54) is 5.57 Å². The van der Waals surface area contributed by atoms with Crippen molar-refractivity contribution in [2.75, 3.05) is 7.11 Å². The fourth-order valence-corrected chi connectivity index (χ4v) is 2.10. The van der Waals surface area contributed by atoms with Crippen LogP contribution >= 0.6 is 0 Å². The van der Waals surface area contributed by atoms with Crippen molar-refractivity contribution in [3.8, 4) is 0 Å². The van der Waals surface area contributed by atoms with Gasteiger partial charge in [-0.3, -0.25) is 0 Å². The van der Waals surface area contributed by atoms with Crippen molar-refractivity contribution in [1.82, 2.24) is 9.97 Å². The van der Waals surface area contributed by atoms with E-state index in [1.807, 2.05) is 19.9 Å². The number of methoxy groups -OCH3 is 1. The van der Waals surface area contributed by atoms with E-state index in [9.17, 15) is 0 Å². The Bertz CT molecular complexity index is 392. The van der Waals surface area contributed by atoms with Crippen LogP contribution in [0, 0.1) is 13.8 Å². The van der Waals surface area contributed by atoms with E-state index in [-0.39, 0.29) is 0 Å². The lowest BCUT2D eigenvalue weighted by Crippen LogP contribution is -2.14. The molecule has 3 nitrogen and oxygen atoms in total. The number of aryl methyl sites for hydroxylation is 2. The summed E-state index contributed by atoms with van der Waals surface area (Å²) in [7, 11) is 1.77.